The molecule has 3 N–H and O–H groups in total. The van der Waals surface area contributed by atoms with E-state index in [0.29, 0.717) is 0 Å². The van der Waals surface area contributed by atoms with Gasteiger partial charge in [0, 0.05) is 22.9 Å². The Morgan fingerprint density at radius 1 is 1.33 bits per heavy atom. The van der Waals surface area contributed by atoms with E-state index in [1.807, 2.05) is 4.98 Å². The number of ether oxygens (including phenoxy) is 2. The lowest BCUT2D eigenvalue weighted by atomic mass is 10.1. The minimum atomic E-state index is -0.670. The zero-order chi connectivity index (χ0) is 22.4. The van der Waals surface area contributed by atoms with Crippen molar-refractivity contribution in [2.75, 3.05) is 7.11 Å². The quantitative estimate of drug-likeness (QED) is 0.322. The number of rotatable bonds is 8. The van der Waals surface area contributed by atoms with Crippen molar-refractivity contribution in [1.82, 2.24) is 15.4 Å². The molecule has 1 aromatic carbocycles. The van der Waals surface area contributed by atoms with Crippen LogP contribution in [0.2, 0.25) is 0 Å². The Hall–Kier alpha value is -3.96. The van der Waals surface area contributed by atoms with Crippen LogP contribution in [0, 0.1) is 17.0 Å². The fourth-order valence-electron chi connectivity index (χ4n) is 2.54. The lowest BCUT2D eigenvalue weighted by Gasteiger charge is -2.14. The van der Waals surface area contributed by atoms with Crippen LogP contribution in [0.5, 0.6) is 11.5 Å². The lowest BCUT2D eigenvalue weighted by molar-refractivity contribution is -0.386. The Morgan fingerprint density at radius 3 is 2.60 bits per heavy atom. The molecule has 2 rings (SSSR count). The highest BCUT2D eigenvalue weighted by Crippen LogP contribution is 2.38. The number of aromatic nitrogens is 2. The van der Waals surface area contributed by atoms with E-state index in [2.05, 4.69) is 15.5 Å². The van der Waals surface area contributed by atoms with Gasteiger partial charge in [0.2, 0.25) is 11.7 Å². The minimum absolute atomic E-state index is 0.00791. The van der Waals surface area contributed by atoms with Gasteiger partial charge in [-0.1, -0.05) is 0 Å². The molecule has 1 heterocycles. The first-order chi connectivity index (χ1) is 14.1. The standard InChI is InChI=1S/C18H21N5O7/c1-9(2)30-16-13(23(27)28)5-11(6-14(16)29-4)8-19-22-15(24)7-12-10(3)20-18(26)21-17(12)25/h5-6,8-9H,7H2,1-4H3,(H,22,24)(H2,20,21,25,26)/b19-8-. The Bertz CT molecular complexity index is 1100. The monoisotopic (exact) mass is 419 g/mol. The normalized spacial score (nSPS) is 11.0. The predicted molar refractivity (Wildman–Crippen MR) is 107 cm³/mol. The van der Waals surface area contributed by atoms with Gasteiger partial charge in [-0.15, -0.1) is 0 Å². The van der Waals surface area contributed by atoms with Gasteiger partial charge in [-0.25, -0.2) is 10.2 Å². The number of nitrogens with one attached hydrogen (secondary N) is 3. The van der Waals surface area contributed by atoms with Crippen LogP contribution in [0.15, 0.2) is 26.8 Å². The molecule has 30 heavy (non-hydrogen) atoms. The number of hydrazone groups is 1. The number of nitro groups is 1. The van der Waals surface area contributed by atoms with Crippen molar-refractivity contribution in [2.45, 2.75) is 33.3 Å². The second-order valence-electron chi connectivity index (χ2n) is 6.48. The number of aromatic amines is 2. The number of benzene rings is 1. The Kier molecular flexibility index (Phi) is 7.07. The van der Waals surface area contributed by atoms with Crippen LogP contribution in [0.4, 0.5) is 5.69 Å². The largest absolute Gasteiger partial charge is 0.493 e. The number of methoxy groups -OCH3 is 1. The number of aryl methyl sites for hydroxylation is 1. The van der Waals surface area contributed by atoms with E-state index in [9.17, 15) is 24.5 Å². The molecule has 0 fully saturated rings. The van der Waals surface area contributed by atoms with E-state index in [1.54, 1.807) is 13.8 Å². The van der Waals surface area contributed by atoms with Crippen LogP contribution in [-0.2, 0) is 11.2 Å². The van der Waals surface area contributed by atoms with E-state index in [4.69, 9.17) is 9.47 Å². The van der Waals surface area contributed by atoms with Crippen molar-refractivity contribution in [1.29, 1.82) is 0 Å². The molecular weight excluding hydrogens is 398 g/mol. The average Bonchev–Trinajstić information content (AvgIpc) is 2.64. The third-order valence-electron chi connectivity index (χ3n) is 3.82. The highest BCUT2D eigenvalue weighted by molar-refractivity contribution is 5.85. The Morgan fingerprint density at radius 2 is 2.03 bits per heavy atom. The number of carbonyl (C=O) groups is 1. The number of carbonyl (C=O) groups excluding carboxylic acids is 1. The summed E-state index contributed by atoms with van der Waals surface area (Å²) in [6, 6.07) is 2.70. The molecule has 160 valence electrons. The molecule has 0 saturated carbocycles. The molecule has 12 nitrogen and oxygen atoms in total. The van der Waals surface area contributed by atoms with Gasteiger partial charge in [0.25, 0.3) is 5.56 Å². The number of hydrogen-bond donors (Lipinski definition) is 3. The van der Waals surface area contributed by atoms with Crippen LogP contribution < -0.4 is 26.1 Å². The first-order valence-corrected chi connectivity index (χ1v) is 8.79. The highest BCUT2D eigenvalue weighted by atomic mass is 16.6. The van der Waals surface area contributed by atoms with Crippen molar-refractivity contribution in [3.63, 3.8) is 0 Å². The summed E-state index contributed by atoms with van der Waals surface area (Å²) in [5.74, 6) is -0.486. The first kappa shape index (κ1) is 22.3. The van der Waals surface area contributed by atoms with Crippen LogP contribution in [0.25, 0.3) is 0 Å². The second-order valence-corrected chi connectivity index (χ2v) is 6.48. The molecule has 1 amide bonds. The van der Waals surface area contributed by atoms with Crippen LogP contribution in [-0.4, -0.2) is 40.2 Å². The van der Waals surface area contributed by atoms with Gasteiger partial charge in [-0.05, 0) is 26.8 Å². The molecule has 0 aliphatic rings. The summed E-state index contributed by atoms with van der Waals surface area (Å²) in [5, 5.41) is 15.1. The number of nitro benzene ring substituents is 1. The van der Waals surface area contributed by atoms with Crippen molar-refractivity contribution in [3.05, 3.63) is 59.9 Å². The van der Waals surface area contributed by atoms with Crippen molar-refractivity contribution >= 4 is 17.8 Å². The topological polar surface area (TPSA) is 169 Å². The summed E-state index contributed by atoms with van der Waals surface area (Å²) in [7, 11) is 1.35. The molecule has 0 bridgehead atoms. The SMILES string of the molecule is COc1cc(/C=N\NC(=O)Cc2c(C)[nH]c(=O)[nH]c2=O)cc([N+](=O)[O-])c1OC(C)C. The maximum Gasteiger partial charge on any atom is 0.325 e. The van der Waals surface area contributed by atoms with Gasteiger partial charge in [0.15, 0.2) is 5.75 Å². The summed E-state index contributed by atoms with van der Waals surface area (Å²) < 4.78 is 10.7. The molecule has 12 heteroatoms. The molecule has 1 aromatic heterocycles. The van der Waals surface area contributed by atoms with Gasteiger partial charge >= 0.3 is 11.4 Å². The lowest BCUT2D eigenvalue weighted by Crippen LogP contribution is -2.30. The number of amides is 1. The van der Waals surface area contributed by atoms with Crippen LogP contribution >= 0.6 is 0 Å². The number of H-pyrrole nitrogens is 2. The van der Waals surface area contributed by atoms with Gasteiger partial charge in [-0.3, -0.25) is 24.7 Å². The fraction of sp³-hybridized carbons (Fsp3) is 0.333. The molecule has 0 radical (unpaired) electrons. The van der Waals surface area contributed by atoms with Gasteiger partial charge in [0.1, 0.15) is 0 Å². The van der Waals surface area contributed by atoms with E-state index < -0.39 is 22.1 Å². The molecule has 0 spiro atoms. The van der Waals surface area contributed by atoms with Crippen molar-refractivity contribution in [3.8, 4) is 11.5 Å². The smallest absolute Gasteiger partial charge is 0.325 e. The van der Waals surface area contributed by atoms with Gasteiger partial charge < -0.3 is 14.5 Å². The minimum Gasteiger partial charge on any atom is -0.493 e. The molecule has 0 saturated heterocycles. The van der Waals surface area contributed by atoms with Crippen molar-refractivity contribution < 1.29 is 19.2 Å². The summed E-state index contributed by atoms with van der Waals surface area (Å²) in [5.41, 5.74) is 1.22. The summed E-state index contributed by atoms with van der Waals surface area (Å²) in [6.07, 6.45) is 0.562. The summed E-state index contributed by atoms with van der Waals surface area (Å²) >= 11 is 0. The van der Waals surface area contributed by atoms with E-state index in [-0.39, 0.29) is 46.5 Å². The molecule has 0 aliphatic carbocycles. The highest BCUT2D eigenvalue weighted by Gasteiger charge is 2.23. The average molecular weight is 419 g/mol. The predicted octanol–water partition coefficient (Wildman–Crippen LogP) is 0.768. The third-order valence-corrected chi connectivity index (χ3v) is 3.82. The summed E-state index contributed by atoms with van der Waals surface area (Å²) in [4.78, 5) is 50.2. The van der Waals surface area contributed by atoms with Gasteiger partial charge in [0.05, 0.1) is 30.8 Å². The number of nitrogens with zero attached hydrogens (tertiary/aromatic N) is 2. The zero-order valence-corrected chi connectivity index (χ0v) is 16.8. The van der Waals surface area contributed by atoms with Crippen LogP contribution in [0.1, 0.15) is 30.7 Å². The Balaban J connectivity index is 2.20. The third kappa shape index (κ3) is 5.53. The maximum atomic E-state index is 12.0. The van der Waals surface area contributed by atoms with E-state index >= 15 is 0 Å². The molecular formula is C18H21N5O7. The van der Waals surface area contributed by atoms with Gasteiger partial charge in [-0.2, -0.15) is 5.10 Å². The van der Waals surface area contributed by atoms with Crippen LogP contribution in [0.3, 0.4) is 0 Å². The van der Waals surface area contributed by atoms with E-state index in [0.717, 1.165) is 0 Å². The van der Waals surface area contributed by atoms with Crippen molar-refractivity contribution in [2.24, 2.45) is 5.10 Å². The second kappa shape index (κ2) is 9.49. The van der Waals surface area contributed by atoms with E-state index in [1.165, 1.54) is 32.4 Å². The number of hydrogen-bond acceptors (Lipinski definition) is 8. The first-order valence-electron chi connectivity index (χ1n) is 8.79. The molecule has 0 atom stereocenters. The maximum absolute atomic E-state index is 12.0. The molecule has 0 aliphatic heterocycles. The molecule has 2 aromatic rings. The fourth-order valence-corrected chi connectivity index (χ4v) is 2.54. The molecule has 0 unspecified atom stereocenters. The zero-order valence-electron chi connectivity index (χ0n) is 16.8. The summed E-state index contributed by atoms with van der Waals surface area (Å²) in [6.45, 7) is 4.95. The Labute approximate surface area is 170 Å².